The Hall–Kier alpha value is -2.87. The highest BCUT2D eigenvalue weighted by molar-refractivity contribution is 5.85. The molecule has 0 saturated carbocycles. The van der Waals surface area contributed by atoms with Crippen LogP contribution in [0.4, 0.5) is 22.0 Å². The van der Waals surface area contributed by atoms with Crippen LogP contribution in [0.1, 0.15) is 42.0 Å². The molecule has 0 radical (unpaired) electrons. The van der Waals surface area contributed by atoms with Crippen molar-refractivity contribution in [3.05, 3.63) is 82.4 Å². The molecule has 0 aliphatic heterocycles. The molecule has 3 aromatic rings. The first kappa shape index (κ1) is 19.9. The van der Waals surface area contributed by atoms with Gasteiger partial charge in [0.25, 0.3) is 0 Å². The lowest BCUT2D eigenvalue weighted by molar-refractivity contribution is -0.140. The molecule has 0 aliphatic rings. The molecule has 0 bridgehead atoms. The van der Waals surface area contributed by atoms with E-state index in [1.165, 1.54) is 6.07 Å². The third-order valence-electron chi connectivity index (χ3n) is 4.45. The van der Waals surface area contributed by atoms with Gasteiger partial charge in [0.1, 0.15) is 11.6 Å². The highest BCUT2D eigenvalue weighted by Gasteiger charge is 2.33. The van der Waals surface area contributed by atoms with E-state index in [9.17, 15) is 22.0 Å². The number of unbranched alkanes of at least 4 members (excludes halogenated alkanes) is 1. The summed E-state index contributed by atoms with van der Waals surface area (Å²) in [6, 6.07) is 11.2. The van der Waals surface area contributed by atoms with E-state index >= 15 is 0 Å². The predicted octanol–water partition coefficient (Wildman–Crippen LogP) is 6.88. The predicted molar refractivity (Wildman–Crippen MR) is 99.9 cm³/mol. The molecule has 0 nitrogen and oxygen atoms in total. The molecular formula is C23H17F5. The van der Waals surface area contributed by atoms with Crippen molar-refractivity contribution in [2.45, 2.75) is 32.4 Å². The number of alkyl halides is 3. The Morgan fingerprint density at radius 3 is 2.36 bits per heavy atom. The number of fused-ring (bicyclic) bond motifs is 1. The van der Waals surface area contributed by atoms with Gasteiger partial charge in [0, 0.05) is 10.9 Å². The molecule has 0 amide bonds. The van der Waals surface area contributed by atoms with Crippen molar-refractivity contribution >= 4 is 10.8 Å². The van der Waals surface area contributed by atoms with E-state index in [4.69, 9.17) is 0 Å². The SMILES string of the molecule is CCCCc1ccc2c(F)c(C#Cc3ccc(C(F)(F)F)c(F)c3)ccc2c1. The normalized spacial score (nSPS) is 11.4. The lowest BCUT2D eigenvalue weighted by atomic mass is 10.0. The lowest BCUT2D eigenvalue weighted by Crippen LogP contribution is -2.07. The fraction of sp³-hybridized carbons (Fsp3) is 0.217. The number of halogens is 5. The van der Waals surface area contributed by atoms with Crippen molar-refractivity contribution in [1.82, 2.24) is 0 Å². The van der Waals surface area contributed by atoms with E-state index < -0.39 is 23.4 Å². The van der Waals surface area contributed by atoms with Crippen LogP contribution in [0.2, 0.25) is 0 Å². The van der Waals surface area contributed by atoms with Gasteiger partial charge in [0.2, 0.25) is 0 Å². The van der Waals surface area contributed by atoms with Crippen LogP contribution in [-0.4, -0.2) is 0 Å². The van der Waals surface area contributed by atoms with Crippen LogP contribution in [-0.2, 0) is 12.6 Å². The van der Waals surface area contributed by atoms with Gasteiger partial charge in [-0.1, -0.05) is 49.5 Å². The minimum Gasteiger partial charge on any atom is -0.206 e. The molecule has 28 heavy (non-hydrogen) atoms. The summed E-state index contributed by atoms with van der Waals surface area (Å²) >= 11 is 0. The van der Waals surface area contributed by atoms with Crippen LogP contribution in [0.5, 0.6) is 0 Å². The summed E-state index contributed by atoms with van der Waals surface area (Å²) in [6.07, 6.45) is -1.71. The number of benzene rings is 3. The average Bonchev–Trinajstić information content (AvgIpc) is 2.65. The summed E-state index contributed by atoms with van der Waals surface area (Å²) in [5.74, 6) is 3.21. The van der Waals surface area contributed by atoms with Gasteiger partial charge in [-0.25, -0.2) is 8.78 Å². The Bertz CT molecular complexity index is 1070. The maximum Gasteiger partial charge on any atom is 0.419 e. The first-order valence-corrected chi connectivity index (χ1v) is 8.89. The Morgan fingerprint density at radius 1 is 0.893 bits per heavy atom. The zero-order valence-corrected chi connectivity index (χ0v) is 15.1. The van der Waals surface area contributed by atoms with Crippen molar-refractivity contribution in [2.24, 2.45) is 0 Å². The Kier molecular flexibility index (Phi) is 5.69. The zero-order chi connectivity index (χ0) is 20.3. The summed E-state index contributed by atoms with van der Waals surface area (Å²) in [5.41, 5.74) is -0.0735. The molecule has 144 valence electrons. The molecule has 3 aromatic carbocycles. The molecule has 0 aliphatic carbocycles. The number of hydrogen-bond acceptors (Lipinski definition) is 0. The molecule has 0 spiro atoms. The molecule has 3 rings (SSSR count). The fourth-order valence-electron chi connectivity index (χ4n) is 2.94. The summed E-state index contributed by atoms with van der Waals surface area (Å²) < 4.78 is 66.2. The van der Waals surface area contributed by atoms with E-state index in [1.807, 2.05) is 12.1 Å². The first-order valence-electron chi connectivity index (χ1n) is 8.89. The Morgan fingerprint density at radius 2 is 1.68 bits per heavy atom. The maximum absolute atomic E-state index is 14.7. The molecular weight excluding hydrogens is 371 g/mol. The van der Waals surface area contributed by atoms with Gasteiger partial charge < -0.3 is 0 Å². The third-order valence-corrected chi connectivity index (χ3v) is 4.45. The Labute approximate surface area is 160 Å². The van der Waals surface area contributed by atoms with Gasteiger partial charge in [-0.15, -0.1) is 0 Å². The quantitative estimate of drug-likeness (QED) is 0.339. The van der Waals surface area contributed by atoms with Gasteiger partial charge in [0.05, 0.1) is 11.1 Å². The third kappa shape index (κ3) is 4.33. The largest absolute Gasteiger partial charge is 0.419 e. The van der Waals surface area contributed by atoms with Crippen LogP contribution >= 0.6 is 0 Å². The topological polar surface area (TPSA) is 0 Å². The molecule has 0 aromatic heterocycles. The second-order valence-corrected chi connectivity index (χ2v) is 6.53. The van der Waals surface area contributed by atoms with Gasteiger partial charge >= 0.3 is 6.18 Å². The van der Waals surface area contributed by atoms with Crippen LogP contribution in [0.15, 0.2) is 48.5 Å². The monoisotopic (exact) mass is 388 g/mol. The average molecular weight is 388 g/mol. The second-order valence-electron chi connectivity index (χ2n) is 6.53. The van der Waals surface area contributed by atoms with E-state index in [-0.39, 0.29) is 11.1 Å². The minimum atomic E-state index is -4.77. The second kappa shape index (κ2) is 8.02. The van der Waals surface area contributed by atoms with Crippen molar-refractivity contribution in [1.29, 1.82) is 0 Å². The van der Waals surface area contributed by atoms with Gasteiger partial charge in [-0.3, -0.25) is 0 Å². The first-order chi connectivity index (χ1) is 13.3. The standard InChI is InChI=1S/C23H17F5/c1-2-3-4-15-6-11-19-18(13-15)10-9-17(22(19)25)8-5-16-7-12-20(21(24)14-16)23(26,27)28/h6-7,9-14H,2-4H2,1H3. The number of hydrogen-bond donors (Lipinski definition) is 0. The Balaban J connectivity index is 1.91. The van der Waals surface area contributed by atoms with E-state index in [2.05, 4.69) is 18.8 Å². The molecule has 0 atom stereocenters. The van der Waals surface area contributed by atoms with Crippen molar-refractivity contribution in [3.8, 4) is 11.8 Å². The number of aryl methyl sites for hydroxylation is 1. The van der Waals surface area contributed by atoms with E-state index in [0.29, 0.717) is 17.5 Å². The van der Waals surface area contributed by atoms with Crippen LogP contribution in [0, 0.1) is 23.5 Å². The minimum absolute atomic E-state index is 0.0416. The smallest absolute Gasteiger partial charge is 0.206 e. The molecule has 5 heteroatoms. The van der Waals surface area contributed by atoms with Crippen LogP contribution in [0.3, 0.4) is 0 Å². The summed E-state index contributed by atoms with van der Waals surface area (Å²) in [4.78, 5) is 0. The zero-order valence-electron chi connectivity index (χ0n) is 15.1. The van der Waals surface area contributed by atoms with Gasteiger partial charge in [-0.05, 0) is 48.1 Å². The van der Waals surface area contributed by atoms with E-state index in [0.717, 1.165) is 36.3 Å². The molecule has 0 N–H and O–H groups in total. The molecule has 0 heterocycles. The van der Waals surface area contributed by atoms with Crippen molar-refractivity contribution in [2.75, 3.05) is 0 Å². The summed E-state index contributed by atoms with van der Waals surface area (Å²) in [6.45, 7) is 2.11. The van der Waals surface area contributed by atoms with Crippen molar-refractivity contribution < 1.29 is 22.0 Å². The van der Waals surface area contributed by atoms with Crippen LogP contribution < -0.4 is 0 Å². The fourth-order valence-corrected chi connectivity index (χ4v) is 2.94. The van der Waals surface area contributed by atoms with Crippen molar-refractivity contribution in [3.63, 3.8) is 0 Å². The molecule has 0 unspecified atom stereocenters. The number of rotatable bonds is 3. The van der Waals surface area contributed by atoms with Crippen LogP contribution in [0.25, 0.3) is 10.8 Å². The van der Waals surface area contributed by atoms with Gasteiger partial charge in [0.15, 0.2) is 0 Å². The van der Waals surface area contributed by atoms with E-state index in [1.54, 1.807) is 12.1 Å². The summed E-state index contributed by atoms with van der Waals surface area (Å²) in [5, 5.41) is 1.18. The maximum atomic E-state index is 14.7. The summed E-state index contributed by atoms with van der Waals surface area (Å²) in [7, 11) is 0. The highest BCUT2D eigenvalue weighted by Crippen LogP contribution is 2.31. The molecule has 0 saturated heterocycles. The lowest BCUT2D eigenvalue weighted by Gasteiger charge is -2.07. The highest BCUT2D eigenvalue weighted by atomic mass is 19.4. The molecule has 0 fully saturated rings. The van der Waals surface area contributed by atoms with Gasteiger partial charge in [-0.2, -0.15) is 13.2 Å².